The lowest BCUT2D eigenvalue weighted by Gasteiger charge is -2.38. The Labute approximate surface area is 93.3 Å². The fourth-order valence-corrected chi connectivity index (χ4v) is 1.51. The zero-order valence-electron chi connectivity index (χ0n) is 10.7. The molecule has 0 aromatic rings. The Morgan fingerprint density at radius 1 is 1.33 bits per heavy atom. The molecule has 0 fully saturated rings. The van der Waals surface area contributed by atoms with E-state index in [0.29, 0.717) is 5.57 Å². The van der Waals surface area contributed by atoms with E-state index >= 15 is 0 Å². The summed E-state index contributed by atoms with van der Waals surface area (Å²) in [6.07, 6.45) is 0.765. The number of hydrogen-bond acceptors (Lipinski definition) is 2. The van der Waals surface area contributed by atoms with Crippen LogP contribution in [0, 0.1) is 0 Å². The van der Waals surface area contributed by atoms with Gasteiger partial charge in [-0.2, -0.15) is 0 Å². The highest BCUT2D eigenvalue weighted by molar-refractivity contribution is 5.86. The van der Waals surface area contributed by atoms with Crippen LogP contribution in [0.15, 0.2) is 12.2 Å². The minimum absolute atomic E-state index is 0.0656. The molecule has 0 spiro atoms. The molecule has 15 heavy (non-hydrogen) atoms. The summed E-state index contributed by atoms with van der Waals surface area (Å²) >= 11 is 0. The molecular weight excluding hydrogens is 190 g/mol. The molecule has 0 aromatic heterocycles. The fraction of sp³-hybridized carbons (Fsp3) is 0.750. The summed E-state index contributed by atoms with van der Waals surface area (Å²) in [6.45, 7) is 13.4. The summed E-state index contributed by atoms with van der Waals surface area (Å²) in [6, 6.07) is 0. The van der Waals surface area contributed by atoms with E-state index < -0.39 is 0 Å². The molecule has 1 atom stereocenters. The normalized spacial score (nSPS) is 13.4. The number of nitrogens with zero attached hydrogens (tertiary/aromatic N) is 1. The van der Waals surface area contributed by atoms with Crippen LogP contribution in [0.2, 0.25) is 0 Å². The van der Waals surface area contributed by atoms with Crippen molar-refractivity contribution in [3.8, 4) is 0 Å². The Kier molecular flexibility index (Phi) is 5.58. The van der Waals surface area contributed by atoms with Gasteiger partial charge in [0.25, 0.3) is 0 Å². The second-order valence-electron chi connectivity index (χ2n) is 4.16. The summed E-state index contributed by atoms with van der Waals surface area (Å²) < 4.78 is 6.20. The predicted octanol–water partition coefficient (Wildman–Crippen LogP) is 2.33. The van der Waals surface area contributed by atoms with Gasteiger partial charge in [-0.3, -0.25) is 4.48 Å². The van der Waals surface area contributed by atoms with E-state index in [2.05, 4.69) is 27.5 Å². The van der Waals surface area contributed by atoms with Gasteiger partial charge in [-0.25, -0.2) is 4.79 Å². The van der Waals surface area contributed by atoms with Crippen LogP contribution in [-0.2, 0) is 9.53 Å². The summed E-state index contributed by atoms with van der Waals surface area (Å²) in [5, 5.41) is 0. The molecule has 0 rings (SSSR count). The highest BCUT2D eigenvalue weighted by Crippen LogP contribution is 2.15. The van der Waals surface area contributed by atoms with Crippen molar-refractivity contribution in [1.82, 2.24) is 0 Å². The number of rotatable bonds is 6. The SMILES string of the molecule is C=C(C)C(=O)OC(CC)[N+](C)(CC)CC. The topological polar surface area (TPSA) is 26.3 Å². The molecule has 0 aliphatic carbocycles. The maximum absolute atomic E-state index is 11.5. The van der Waals surface area contributed by atoms with Gasteiger partial charge in [0.1, 0.15) is 0 Å². The second-order valence-corrected chi connectivity index (χ2v) is 4.16. The Morgan fingerprint density at radius 2 is 1.80 bits per heavy atom. The summed E-state index contributed by atoms with van der Waals surface area (Å²) in [4.78, 5) is 11.5. The third-order valence-corrected chi connectivity index (χ3v) is 3.08. The second kappa shape index (κ2) is 5.91. The lowest BCUT2D eigenvalue weighted by Crippen LogP contribution is -2.53. The zero-order chi connectivity index (χ0) is 12.1. The van der Waals surface area contributed by atoms with Gasteiger partial charge in [-0.15, -0.1) is 0 Å². The van der Waals surface area contributed by atoms with Crippen molar-refractivity contribution in [2.45, 2.75) is 40.3 Å². The highest BCUT2D eigenvalue weighted by atomic mass is 16.6. The van der Waals surface area contributed by atoms with Crippen LogP contribution in [0.5, 0.6) is 0 Å². The maximum Gasteiger partial charge on any atom is 0.337 e. The van der Waals surface area contributed by atoms with E-state index in [1.54, 1.807) is 6.92 Å². The molecule has 0 N–H and O–H groups in total. The van der Waals surface area contributed by atoms with Crippen LogP contribution in [0.1, 0.15) is 34.1 Å². The van der Waals surface area contributed by atoms with Gasteiger partial charge < -0.3 is 4.74 Å². The molecule has 3 nitrogen and oxygen atoms in total. The Balaban J connectivity index is 4.61. The molecule has 0 aromatic carbocycles. The number of ether oxygens (including phenoxy) is 1. The smallest absolute Gasteiger partial charge is 0.337 e. The van der Waals surface area contributed by atoms with Crippen molar-refractivity contribution in [3.05, 3.63) is 12.2 Å². The Bertz CT molecular complexity index is 232. The summed E-state index contributed by atoms with van der Waals surface area (Å²) in [5.74, 6) is -0.284. The van der Waals surface area contributed by atoms with Crippen molar-refractivity contribution in [2.75, 3.05) is 20.1 Å². The maximum atomic E-state index is 11.5. The van der Waals surface area contributed by atoms with Crippen molar-refractivity contribution >= 4 is 5.97 Å². The van der Waals surface area contributed by atoms with Gasteiger partial charge in [0.2, 0.25) is 6.23 Å². The average molecular weight is 214 g/mol. The van der Waals surface area contributed by atoms with Gasteiger partial charge in [0.15, 0.2) is 0 Å². The van der Waals surface area contributed by atoms with Crippen LogP contribution in [-0.4, -0.2) is 36.8 Å². The van der Waals surface area contributed by atoms with Crippen LogP contribution < -0.4 is 0 Å². The zero-order valence-corrected chi connectivity index (χ0v) is 10.7. The fourth-order valence-electron chi connectivity index (χ4n) is 1.51. The molecular formula is C12H24NO2+. The standard InChI is InChI=1S/C12H24NO2/c1-7-11(13(6,8-2)9-3)15-12(14)10(4)5/h11H,4,7-9H2,1-3,5-6H3/q+1. The van der Waals surface area contributed by atoms with E-state index in [9.17, 15) is 4.79 Å². The molecule has 0 saturated heterocycles. The van der Waals surface area contributed by atoms with E-state index in [1.807, 2.05) is 6.92 Å². The number of carbonyl (C=O) groups is 1. The van der Waals surface area contributed by atoms with Gasteiger partial charge in [0, 0.05) is 12.0 Å². The minimum Gasteiger partial charge on any atom is -0.409 e. The molecule has 0 radical (unpaired) electrons. The first-order chi connectivity index (χ1) is 6.91. The molecule has 0 heterocycles. The lowest BCUT2D eigenvalue weighted by atomic mass is 10.3. The molecule has 0 aliphatic rings. The molecule has 0 aliphatic heterocycles. The number of esters is 1. The van der Waals surface area contributed by atoms with E-state index in [-0.39, 0.29) is 12.2 Å². The first kappa shape index (κ1) is 14.2. The molecule has 0 bridgehead atoms. The molecule has 88 valence electrons. The lowest BCUT2D eigenvalue weighted by molar-refractivity contribution is -0.949. The molecule has 0 saturated carbocycles. The van der Waals surface area contributed by atoms with Crippen molar-refractivity contribution in [1.29, 1.82) is 0 Å². The van der Waals surface area contributed by atoms with Crippen molar-refractivity contribution in [2.24, 2.45) is 0 Å². The number of hydrogen-bond donors (Lipinski definition) is 0. The van der Waals surface area contributed by atoms with Crippen LogP contribution in [0.3, 0.4) is 0 Å². The number of quaternary nitrogens is 1. The quantitative estimate of drug-likeness (QED) is 0.293. The first-order valence-electron chi connectivity index (χ1n) is 5.61. The largest absolute Gasteiger partial charge is 0.409 e. The van der Waals surface area contributed by atoms with Crippen LogP contribution >= 0.6 is 0 Å². The highest BCUT2D eigenvalue weighted by Gasteiger charge is 2.31. The van der Waals surface area contributed by atoms with E-state index in [4.69, 9.17) is 4.74 Å². The summed E-state index contributed by atoms with van der Waals surface area (Å²) in [7, 11) is 2.11. The molecule has 0 amide bonds. The molecule has 3 heteroatoms. The van der Waals surface area contributed by atoms with Gasteiger partial charge in [-0.1, -0.05) is 13.5 Å². The number of carbonyl (C=O) groups excluding carboxylic acids is 1. The average Bonchev–Trinajstić information content (AvgIpc) is 2.24. The monoisotopic (exact) mass is 214 g/mol. The van der Waals surface area contributed by atoms with E-state index in [1.165, 1.54) is 0 Å². The van der Waals surface area contributed by atoms with Crippen molar-refractivity contribution < 1.29 is 14.0 Å². The van der Waals surface area contributed by atoms with Crippen molar-refractivity contribution in [3.63, 3.8) is 0 Å². The Morgan fingerprint density at radius 3 is 2.07 bits per heavy atom. The van der Waals surface area contributed by atoms with Crippen LogP contribution in [0.25, 0.3) is 0 Å². The molecule has 1 unspecified atom stereocenters. The van der Waals surface area contributed by atoms with E-state index in [0.717, 1.165) is 24.0 Å². The Hall–Kier alpha value is -0.830. The first-order valence-corrected chi connectivity index (χ1v) is 5.61. The third kappa shape index (κ3) is 3.67. The third-order valence-electron chi connectivity index (χ3n) is 3.08. The minimum atomic E-state index is -0.284. The van der Waals surface area contributed by atoms with Crippen LogP contribution in [0.4, 0.5) is 0 Å². The predicted molar refractivity (Wildman–Crippen MR) is 62.3 cm³/mol. The van der Waals surface area contributed by atoms with Gasteiger partial charge >= 0.3 is 5.97 Å². The van der Waals surface area contributed by atoms with Gasteiger partial charge in [-0.05, 0) is 20.8 Å². The van der Waals surface area contributed by atoms with Gasteiger partial charge in [0.05, 0.1) is 20.1 Å². The summed E-state index contributed by atoms with van der Waals surface area (Å²) in [5.41, 5.74) is 0.465.